The first kappa shape index (κ1) is 13.3. The zero-order valence-electron chi connectivity index (χ0n) is 11.4. The lowest BCUT2D eigenvalue weighted by molar-refractivity contribution is 0.299. The Bertz CT molecular complexity index is 757. The second-order valence-electron chi connectivity index (χ2n) is 4.68. The second-order valence-corrected chi connectivity index (χ2v) is 4.68. The third kappa shape index (κ3) is 2.93. The Morgan fingerprint density at radius 2 is 1.86 bits per heavy atom. The summed E-state index contributed by atoms with van der Waals surface area (Å²) in [5, 5.41) is 9.72. The molecule has 106 valence electrons. The summed E-state index contributed by atoms with van der Waals surface area (Å²) in [6, 6.07) is 13.0. The smallest absolute Gasteiger partial charge is 0.230 e. The molecular weight excluding hydrogens is 266 g/mol. The van der Waals surface area contributed by atoms with Crippen LogP contribution in [0.5, 0.6) is 11.6 Å². The molecular formula is C16H15N3O2. The van der Waals surface area contributed by atoms with Crippen LogP contribution in [-0.4, -0.2) is 21.7 Å². The number of nitrogens with two attached hydrogens (primary N) is 1. The molecule has 5 nitrogen and oxygen atoms in total. The fourth-order valence-corrected chi connectivity index (χ4v) is 2.10. The van der Waals surface area contributed by atoms with E-state index in [2.05, 4.69) is 9.97 Å². The highest BCUT2D eigenvalue weighted by Gasteiger charge is 2.06. The number of hydrogen-bond acceptors (Lipinski definition) is 5. The van der Waals surface area contributed by atoms with Gasteiger partial charge in [0.1, 0.15) is 12.1 Å². The van der Waals surface area contributed by atoms with Gasteiger partial charge in [-0.2, -0.15) is 0 Å². The lowest BCUT2D eigenvalue weighted by atomic mass is 10.1. The van der Waals surface area contributed by atoms with Gasteiger partial charge in [-0.3, -0.25) is 0 Å². The lowest BCUT2D eigenvalue weighted by Gasteiger charge is -2.08. The monoisotopic (exact) mass is 281 g/mol. The van der Waals surface area contributed by atoms with Gasteiger partial charge in [-0.05, 0) is 42.3 Å². The Labute approximate surface area is 122 Å². The molecule has 0 radical (unpaired) electrons. The number of rotatable bonds is 4. The molecule has 2 aromatic carbocycles. The maximum atomic E-state index is 8.91. The van der Waals surface area contributed by atoms with Crippen molar-refractivity contribution in [3.63, 3.8) is 0 Å². The molecule has 0 aliphatic rings. The minimum Gasteiger partial charge on any atom is -0.438 e. The van der Waals surface area contributed by atoms with Gasteiger partial charge in [0.15, 0.2) is 0 Å². The Morgan fingerprint density at radius 3 is 2.62 bits per heavy atom. The van der Waals surface area contributed by atoms with Crippen LogP contribution in [0.3, 0.4) is 0 Å². The van der Waals surface area contributed by atoms with Gasteiger partial charge in [0, 0.05) is 12.3 Å². The predicted octanol–water partition coefficient (Wildman–Crippen LogP) is 2.54. The van der Waals surface area contributed by atoms with Crippen LogP contribution in [0, 0.1) is 0 Å². The normalized spacial score (nSPS) is 10.7. The molecule has 0 saturated heterocycles. The van der Waals surface area contributed by atoms with Gasteiger partial charge < -0.3 is 15.6 Å². The Kier molecular flexibility index (Phi) is 3.66. The SMILES string of the molecule is Nc1ccc2c(Oc3ccc(CCO)cc3)ncnc2c1. The van der Waals surface area contributed by atoms with E-state index in [9.17, 15) is 0 Å². The maximum absolute atomic E-state index is 8.91. The van der Waals surface area contributed by atoms with Crippen LogP contribution < -0.4 is 10.5 Å². The number of nitrogen functional groups attached to an aromatic ring is 1. The van der Waals surface area contributed by atoms with Crippen molar-refractivity contribution in [1.82, 2.24) is 9.97 Å². The zero-order valence-corrected chi connectivity index (χ0v) is 11.4. The molecule has 0 saturated carbocycles. The van der Waals surface area contributed by atoms with Gasteiger partial charge in [-0.25, -0.2) is 9.97 Å². The standard InChI is InChI=1S/C16H15N3O2/c17-12-3-6-14-15(9-12)18-10-19-16(14)21-13-4-1-11(2-5-13)7-8-20/h1-6,9-10,20H,7-8,17H2. The quantitative estimate of drug-likeness (QED) is 0.718. The van der Waals surface area contributed by atoms with Crippen molar-refractivity contribution < 1.29 is 9.84 Å². The highest BCUT2D eigenvalue weighted by Crippen LogP contribution is 2.27. The van der Waals surface area contributed by atoms with E-state index in [0.717, 1.165) is 16.5 Å². The van der Waals surface area contributed by atoms with E-state index in [1.165, 1.54) is 6.33 Å². The molecule has 0 bridgehead atoms. The number of anilines is 1. The number of fused-ring (bicyclic) bond motifs is 1. The van der Waals surface area contributed by atoms with Gasteiger partial charge in [0.25, 0.3) is 0 Å². The Morgan fingerprint density at radius 1 is 1.05 bits per heavy atom. The molecule has 21 heavy (non-hydrogen) atoms. The summed E-state index contributed by atoms with van der Waals surface area (Å²) in [6.45, 7) is 0.137. The molecule has 1 aromatic heterocycles. The molecule has 0 atom stereocenters. The molecule has 3 aromatic rings. The lowest BCUT2D eigenvalue weighted by Crippen LogP contribution is -1.94. The first-order valence-corrected chi connectivity index (χ1v) is 6.64. The summed E-state index contributed by atoms with van der Waals surface area (Å²) in [6.07, 6.45) is 2.09. The summed E-state index contributed by atoms with van der Waals surface area (Å²) < 4.78 is 5.81. The Hall–Kier alpha value is -2.66. The zero-order chi connectivity index (χ0) is 14.7. The van der Waals surface area contributed by atoms with Crippen LogP contribution in [0.15, 0.2) is 48.8 Å². The number of benzene rings is 2. The average Bonchev–Trinajstić information content (AvgIpc) is 2.49. The number of ether oxygens (including phenoxy) is 1. The number of nitrogens with zero attached hydrogens (tertiary/aromatic N) is 2. The number of aromatic nitrogens is 2. The molecule has 0 aliphatic carbocycles. The first-order valence-electron chi connectivity index (χ1n) is 6.64. The summed E-state index contributed by atoms with van der Waals surface area (Å²) >= 11 is 0. The predicted molar refractivity (Wildman–Crippen MR) is 81.3 cm³/mol. The average molecular weight is 281 g/mol. The van der Waals surface area contributed by atoms with Crippen LogP contribution in [0.25, 0.3) is 10.9 Å². The highest BCUT2D eigenvalue weighted by molar-refractivity contribution is 5.85. The highest BCUT2D eigenvalue weighted by atomic mass is 16.5. The van der Waals surface area contributed by atoms with Crippen molar-refractivity contribution >= 4 is 16.6 Å². The van der Waals surface area contributed by atoms with Crippen molar-refractivity contribution in [3.05, 3.63) is 54.4 Å². The van der Waals surface area contributed by atoms with Gasteiger partial charge in [0.05, 0.1) is 10.9 Å². The fraction of sp³-hybridized carbons (Fsp3) is 0.125. The number of aliphatic hydroxyl groups excluding tert-OH is 1. The first-order chi connectivity index (χ1) is 10.3. The third-order valence-electron chi connectivity index (χ3n) is 3.16. The number of aliphatic hydroxyl groups is 1. The molecule has 0 amide bonds. The van der Waals surface area contributed by atoms with E-state index in [0.29, 0.717) is 23.7 Å². The van der Waals surface area contributed by atoms with E-state index in [1.807, 2.05) is 30.3 Å². The molecule has 3 N–H and O–H groups in total. The molecule has 0 spiro atoms. The minimum atomic E-state index is 0.137. The fourth-order valence-electron chi connectivity index (χ4n) is 2.10. The Balaban J connectivity index is 1.90. The van der Waals surface area contributed by atoms with E-state index in [1.54, 1.807) is 12.1 Å². The van der Waals surface area contributed by atoms with E-state index >= 15 is 0 Å². The summed E-state index contributed by atoms with van der Waals surface area (Å²) in [5.74, 6) is 1.18. The maximum Gasteiger partial charge on any atom is 0.230 e. The van der Waals surface area contributed by atoms with E-state index in [-0.39, 0.29) is 6.61 Å². The molecule has 1 heterocycles. The molecule has 0 aliphatic heterocycles. The minimum absolute atomic E-state index is 0.137. The molecule has 3 rings (SSSR count). The van der Waals surface area contributed by atoms with Crippen molar-refractivity contribution in [1.29, 1.82) is 0 Å². The van der Waals surface area contributed by atoms with Crippen LogP contribution in [0.2, 0.25) is 0 Å². The van der Waals surface area contributed by atoms with E-state index in [4.69, 9.17) is 15.6 Å². The second kappa shape index (κ2) is 5.76. The van der Waals surface area contributed by atoms with Crippen LogP contribution >= 0.6 is 0 Å². The van der Waals surface area contributed by atoms with Gasteiger partial charge in [0.2, 0.25) is 5.88 Å². The summed E-state index contributed by atoms with van der Waals surface area (Å²) in [4.78, 5) is 8.36. The van der Waals surface area contributed by atoms with Crippen molar-refractivity contribution in [3.8, 4) is 11.6 Å². The molecule has 0 fully saturated rings. The van der Waals surface area contributed by atoms with Crippen molar-refractivity contribution in [2.45, 2.75) is 6.42 Å². The van der Waals surface area contributed by atoms with Crippen molar-refractivity contribution in [2.75, 3.05) is 12.3 Å². The number of hydrogen-bond donors (Lipinski definition) is 2. The van der Waals surface area contributed by atoms with Gasteiger partial charge >= 0.3 is 0 Å². The van der Waals surface area contributed by atoms with E-state index < -0.39 is 0 Å². The molecule has 0 unspecified atom stereocenters. The van der Waals surface area contributed by atoms with Gasteiger partial charge in [-0.1, -0.05) is 12.1 Å². The van der Waals surface area contributed by atoms with Crippen LogP contribution in [0.1, 0.15) is 5.56 Å². The van der Waals surface area contributed by atoms with Crippen molar-refractivity contribution in [2.24, 2.45) is 0 Å². The van der Waals surface area contributed by atoms with Crippen LogP contribution in [0.4, 0.5) is 5.69 Å². The molecule has 5 heteroatoms. The third-order valence-corrected chi connectivity index (χ3v) is 3.16. The van der Waals surface area contributed by atoms with Gasteiger partial charge in [-0.15, -0.1) is 0 Å². The topological polar surface area (TPSA) is 81.3 Å². The summed E-state index contributed by atoms with van der Waals surface area (Å²) in [7, 11) is 0. The van der Waals surface area contributed by atoms with Crippen LogP contribution in [-0.2, 0) is 6.42 Å². The largest absolute Gasteiger partial charge is 0.438 e. The summed E-state index contributed by atoms with van der Waals surface area (Å²) in [5.41, 5.74) is 8.21.